The van der Waals surface area contributed by atoms with Gasteiger partial charge in [0.15, 0.2) is 5.13 Å². The maximum absolute atomic E-state index is 12.2. The van der Waals surface area contributed by atoms with Gasteiger partial charge in [-0.25, -0.2) is 9.78 Å². The molecule has 3 amide bonds. The van der Waals surface area contributed by atoms with E-state index in [0.717, 1.165) is 31.6 Å². The Labute approximate surface area is 161 Å². The molecule has 6 nitrogen and oxygen atoms in total. The summed E-state index contributed by atoms with van der Waals surface area (Å²) in [5, 5.41) is 8.34. The highest BCUT2D eigenvalue weighted by molar-refractivity contribution is 7.13. The molecule has 0 radical (unpaired) electrons. The van der Waals surface area contributed by atoms with E-state index in [2.05, 4.69) is 15.6 Å². The molecule has 3 rings (SSSR count). The van der Waals surface area contributed by atoms with Crippen LogP contribution in [0.1, 0.15) is 31.4 Å². The summed E-state index contributed by atoms with van der Waals surface area (Å²) < 4.78 is 0. The van der Waals surface area contributed by atoms with E-state index in [-0.39, 0.29) is 11.9 Å². The number of urea groups is 1. The Morgan fingerprint density at radius 1 is 1.19 bits per heavy atom. The third-order valence-electron chi connectivity index (χ3n) is 4.16. The molecule has 26 heavy (non-hydrogen) atoms. The summed E-state index contributed by atoms with van der Waals surface area (Å²) in [7, 11) is 0. The maximum atomic E-state index is 12.2. The highest BCUT2D eigenvalue weighted by atomic mass is 35.5. The zero-order valence-electron chi connectivity index (χ0n) is 14.3. The van der Waals surface area contributed by atoms with Crippen LogP contribution in [0, 0.1) is 0 Å². The summed E-state index contributed by atoms with van der Waals surface area (Å²) in [5.41, 5.74) is 1.43. The quantitative estimate of drug-likeness (QED) is 0.792. The predicted molar refractivity (Wildman–Crippen MR) is 105 cm³/mol. The van der Waals surface area contributed by atoms with Crippen molar-refractivity contribution in [1.82, 2.24) is 9.88 Å². The number of carbonyl (C=O) groups excluding carboxylic acids is 2. The molecule has 1 fully saturated rings. The molecule has 8 heteroatoms. The summed E-state index contributed by atoms with van der Waals surface area (Å²) in [4.78, 5) is 30.5. The van der Waals surface area contributed by atoms with Crippen molar-refractivity contribution < 1.29 is 9.59 Å². The molecule has 1 aromatic heterocycles. The van der Waals surface area contributed by atoms with Crippen LogP contribution in [0.3, 0.4) is 0 Å². The molecule has 0 aliphatic carbocycles. The molecule has 0 unspecified atom stereocenters. The zero-order valence-corrected chi connectivity index (χ0v) is 15.9. The van der Waals surface area contributed by atoms with Gasteiger partial charge in [-0.05, 0) is 43.9 Å². The summed E-state index contributed by atoms with van der Waals surface area (Å²) in [6, 6.07) is 6.55. The largest absolute Gasteiger partial charge is 0.343 e. The average Bonchev–Trinajstić information content (AvgIpc) is 3.07. The van der Waals surface area contributed by atoms with Crippen LogP contribution in [0.2, 0.25) is 5.02 Å². The molecule has 1 aliphatic rings. The van der Waals surface area contributed by atoms with E-state index >= 15 is 0 Å². The fourth-order valence-electron chi connectivity index (χ4n) is 2.84. The zero-order chi connectivity index (χ0) is 18.4. The SMILES string of the molecule is O=C(Nc1cccc(Cl)c1)Nc1nc(CCC(=O)N2CCCCC2)cs1. The van der Waals surface area contributed by atoms with E-state index in [1.165, 1.54) is 17.8 Å². The van der Waals surface area contributed by atoms with Gasteiger partial charge in [-0.2, -0.15) is 0 Å². The molecule has 2 heterocycles. The second-order valence-electron chi connectivity index (χ2n) is 6.17. The number of nitrogens with one attached hydrogen (secondary N) is 2. The fraction of sp³-hybridized carbons (Fsp3) is 0.389. The van der Waals surface area contributed by atoms with E-state index in [1.807, 2.05) is 10.3 Å². The van der Waals surface area contributed by atoms with Crippen molar-refractivity contribution in [3.63, 3.8) is 0 Å². The molecule has 2 aromatic rings. The number of benzene rings is 1. The van der Waals surface area contributed by atoms with E-state index in [0.29, 0.717) is 28.7 Å². The number of rotatable bonds is 5. The minimum atomic E-state index is -0.377. The summed E-state index contributed by atoms with van der Waals surface area (Å²) in [6.45, 7) is 1.73. The lowest BCUT2D eigenvalue weighted by Crippen LogP contribution is -2.35. The number of aromatic nitrogens is 1. The number of thiazole rings is 1. The lowest BCUT2D eigenvalue weighted by molar-refractivity contribution is -0.132. The molecule has 0 atom stereocenters. The maximum Gasteiger partial charge on any atom is 0.325 e. The van der Waals surface area contributed by atoms with Crippen LogP contribution in [-0.2, 0) is 11.2 Å². The Balaban J connectivity index is 1.46. The Bertz CT molecular complexity index is 774. The van der Waals surface area contributed by atoms with E-state index in [1.54, 1.807) is 24.3 Å². The number of anilines is 2. The average molecular weight is 393 g/mol. The van der Waals surface area contributed by atoms with Crippen LogP contribution in [0.15, 0.2) is 29.6 Å². The number of likely N-dealkylation sites (tertiary alicyclic amines) is 1. The van der Waals surface area contributed by atoms with Gasteiger partial charge in [0, 0.05) is 35.6 Å². The second-order valence-corrected chi connectivity index (χ2v) is 7.47. The van der Waals surface area contributed by atoms with Crippen LogP contribution >= 0.6 is 22.9 Å². The van der Waals surface area contributed by atoms with E-state index in [9.17, 15) is 9.59 Å². The van der Waals surface area contributed by atoms with Crippen molar-refractivity contribution in [1.29, 1.82) is 0 Å². The van der Waals surface area contributed by atoms with Crippen LogP contribution in [0.5, 0.6) is 0 Å². The summed E-state index contributed by atoms with van der Waals surface area (Å²) in [6.07, 6.45) is 4.44. The highest BCUT2D eigenvalue weighted by Gasteiger charge is 2.16. The first-order valence-corrected chi connectivity index (χ1v) is 9.92. The van der Waals surface area contributed by atoms with Gasteiger partial charge in [-0.15, -0.1) is 11.3 Å². The lowest BCUT2D eigenvalue weighted by Gasteiger charge is -2.26. The predicted octanol–water partition coefficient (Wildman–Crippen LogP) is 4.39. The van der Waals surface area contributed by atoms with Gasteiger partial charge in [0.2, 0.25) is 5.91 Å². The molecule has 0 bridgehead atoms. The van der Waals surface area contributed by atoms with Crippen molar-refractivity contribution in [2.75, 3.05) is 23.7 Å². The third-order valence-corrected chi connectivity index (χ3v) is 5.20. The van der Waals surface area contributed by atoms with Crippen LogP contribution < -0.4 is 10.6 Å². The van der Waals surface area contributed by atoms with Gasteiger partial charge in [0.05, 0.1) is 5.69 Å². The van der Waals surface area contributed by atoms with Crippen molar-refractivity contribution >= 4 is 45.7 Å². The lowest BCUT2D eigenvalue weighted by atomic mass is 10.1. The van der Waals surface area contributed by atoms with Gasteiger partial charge in [-0.3, -0.25) is 10.1 Å². The summed E-state index contributed by atoms with van der Waals surface area (Å²) in [5.74, 6) is 0.186. The van der Waals surface area contributed by atoms with Gasteiger partial charge in [0.1, 0.15) is 0 Å². The number of hydrogen-bond donors (Lipinski definition) is 2. The molecular weight excluding hydrogens is 372 g/mol. The first kappa shape index (κ1) is 18.7. The first-order chi connectivity index (χ1) is 12.6. The smallest absolute Gasteiger partial charge is 0.325 e. The van der Waals surface area contributed by atoms with Crippen molar-refractivity contribution in [3.05, 3.63) is 40.4 Å². The van der Waals surface area contributed by atoms with Gasteiger partial charge in [-0.1, -0.05) is 17.7 Å². The molecular formula is C18H21ClN4O2S. The molecule has 1 aromatic carbocycles. The Morgan fingerprint density at radius 2 is 2.00 bits per heavy atom. The number of hydrogen-bond acceptors (Lipinski definition) is 4. The van der Waals surface area contributed by atoms with Crippen LogP contribution in [0.25, 0.3) is 0 Å². The van der Waals surface area contributed by atoms with Crippen molar-refractivity contribution in [2.45, 2.75) is 32.1 Å². The normalized spacial score (nSPS) is 14.1. The topological polar surface area (TPSA) is 74.3 Å². The molecule has 0 saturated carbocycles. The number of nitrogens with zero attached hydrogens (tertiary/aromatic N) is 2. The van der Waals surface area contributed by atoms with Crippen LogP contribution in [-0.4, -0.2) is 34.9 Å². The molecule has 1 saturated heterocycles. The van der Waals surface area contributed by atoms with Crippen molar-refractivity contribution in [2.24, 2.45) is 0 Å². The number of piperidine rings is 1. The first-order valence-electron chi connectivity index (χ1n) is 8.66. The van der Waals surface area contributed by atoms with Crippen molar-refractivity contribution in [3.8, 4) is 0 Å². The Morgan fingerprint density at radius 3 is 2.77 bits per heavy atom. The standard InChI is InChI=1S/C18H21ClN4O2S/c19-13-5-4-6-14(11-13)20-17(25)22-18-21-15(12-26-18)7-8-16(24)23-9-2-1-3-10-23/h4-6,11-12H,1-3,7-10H2,(H2,20,21,22,25). The number of amides is 3. The number of aryl methyl sites for hydroxylation is 1. The molecule has 1 aliphatic heterocycles. The summed E-state index contributed by atoms with van der Waals surface area (Å²) >= 11 is 7.24. The molecule has 2 N–H and O–H groups in total. The minimum absolute atomic E-state index is 0.186. The Hall–Kier alpha value is -2.12. The number of halogens is 1. The van der Waals surface area contributed by atoms with Gasteiger partial charge >= 0.3 is 6.03 Å². The monoisotopic (exact) mass is 392 g/mol. The minimum Gasteiger partial charge on any atom is -0.343 e. The highest BCUT2D eigenvalue weighted by Crippen LogP contribution is 2.19. The third kappa shape index (κ3) is 5.44. The van der Waals surface area contributed by atoms with E-state index < -0.39 is 0 Å². The van der Waals surface area contributed by atoms with E-state index in [4.69, 9.17) is 11.6 Å². The Kier molecular flexibility index (Phi) is 6.46. The molecule has 138 valence electrons. The number of carbonyl (C=O) groups is 2. The van der Waals surface area contributed by atoms with Crippen LogP contribution in [0.4, 0.5) is 15.6 Å². The molecule has 0 spiro atoms. The second kappa shape index (κ2) is 9.00. The fourth-order valence-corrected chi connectivity index (χ4v) is 3.77. The van der Waals surface area contributed by atoms with Gasteiger partial charge < -0.3 is 10.2 Å². The van der Waals surface area contributed by atoms with Gasteiger partial charge in [0.25, 0.3) is 0 Å².